The third kappa shape index (κ3) is 2.43. The van der Waals surface area contributed by atoms with Crippen molar-refractivity contribution >= 4 is 33.1 Å². The summed E-state index contributed by atoms with van der Waals surface area (Å²) in [5, 5.41) is 12.3. The van der Waals surface area contributed by atoms with Gasteiger partial charge in [0, 0.05) is 22.4 Å². The quantitative estimate of drug-likeness (QED) is 0.791. The molecular weight excluding hydrogens is 270 g/mol. The van der Waals surface area contributed by atoms with E-state index in [1.807, 2.05) is 6.07 Å². The van der Waals surface area contributed by atoms with Crippen molar-refractivity contribution in [3.8, 4) is 5.75 Å². The van der Waals surface area contributed by atoms with Gasteiger partial charge in [0.25, 0.3) is 0 Å². The van der Waals surface area contributed by atoms with E-state index in [1.165, 1.54) is 0 Å². The number of rotatable bonds is 2. The molecule has 0 aliphatic carbocycles. The van der Waals surface area contributed by atoms with Gasteiger partial charge in [-0.25, -0.2) is 4.98 Å². The lowest BCUT2D eigenvalue weighted by Crippen LogP contribution is -1.98. The number of halogens is 1. The topological polar surface area (TPSA) is 71.2 Å². The van der Waals surface area contributed by atoms with E-state index in [1.54, 1.807) is 30.5 Å². The zero-order valence-electron chi connectivity index (χ0n) is 8.31. The zero-order chi connectivity index (χ0) is 11.5. The molecule has 0 amide bonds. The lowest BCUT2D eigenvalue weighted by molar-refractivity contribution is 0.475. The Bertz CT molecular complexity index is 516. The molecule has 0 radical (unpaired) electrons. The molecule has 5 heteroatoms. The number of hydrogen-bond acceptors (Lipinski definition) is 4. The highest BCUT2D eigenvalue weighted by Gasteiger charge is 2.02. The minimum absolute atomic E-state index is 0.195. The second kappa shape index (κ2) is 4.40. The number of phenols is 1. The smallest absolute Gasteiger partial charge is 0.153 e. The number of pyridine rings is 1. The molecule has 82 valence electrons. The van der Waals surface area contributed by atoms with Gasteiger partial charge in [0.05, 0.1) is 5.69 Å². The van der Waals surface area contributed by atoms with Crippen molar-refractivity contribution in [1.29, 1.82) is 0 Å². The van der Waals surface area contributed by atoms with Crippen LogP contribution in [-0.2, 0) is 0 Å². The summed E-state index contributed by atoms with van der Waals surface area (Å²) in [5.74, 6) is 0.759. The highest BCUT2D eigenvalue weighted by molar-refractivity contribution is 9.10. The summed E-state index contributed by atoms with van der Waals surface area (Å²) < 4.78 is 0.825. The maximum absolute atomic E-state index is 9.31. The molecule has 1 aromatic heterocycles. The predicted octanol–water partition coefficient (Wildman–Crippen LogP) is 2.88. The highest BCUT2D eigenvalue weighted by Crippen LogP contribution is 2.25. The minimum atomic E-state index is 0.195. The Kier molecular flexibility index (Phi) is 2.96. The summed E-state index contributed by atoms with van der Waals surface area (Å²) in [6.45, 7) is 0. The summed E-state index contributed by atoms with van der Waals surface area (Å²) in [6, 6.07) is 8.53. The van der Waals surface area contributed by atoms with Gasteiger partial charge >= 0.3 is 0 Å². The SMILES string of the molecule is Nc1cc(Br)cnc1Nc1cccc(O)c1. The lowest BCUT2D eigenvalue weighted by Gasteiger charge is -2.08. The van der Waals surface area contributed by atoms with Crippen LogP contribution >= 0.6 is 15.9 Å². The maximum atomic E-state index is 9.31. The van der Waals surface area contributed by atoms with Crippen molar-refractivity contribution in [3.05, 3.63) is 41.0 Å². The Morgan fingerprint density at radius 1 is 1.31 bits per heavy atom. The maximum Gasteiger partial charge on any atom is 0.153 e. The van der Waals surface area contributed by atoms with Gasteiger partial charge in [-0.1, -0.05) is 6.07 Å². The number of anilines is 3. The fourth-order valence-corrected chi connectivity index (χ4v) is 1.63. The van der Waals surface area contributed by atoms with Gasteiger partial charge in [0.15, 0.2) is 5.82 Å². The Balaban J connectivity index is 2.27. The van der Waals surface area contributed by atoms with E-state index in [-0.39, 0.29) is 5.75 Å². The Labute approximate surface area is 101 Å². The van der Waals surface area contributed by atoms with Crippen molar-refractivity contribution in [3.63, 3.8) is 0 Å². The second-order valence-corrected chi connectivity index (χ2v) is 4.18. The van der Waals surface area contributed by atoms with Crippen LogP contribution in [0.1, 0.15) is 0 Å². The van der Waals surface area contributed by atoms with Gasteiger partial charge in [-0.2, -0.15) is 0 Å². The number of aromatic hydroxyl groups is 1. The van der Waals surface area contributed by atoms with Crippen molar-refractivity contribution in [2.45, 2.75) is 0 Å². The Morgan fingerprint density at radius 2 is 2.12 bits per heavy atom. The summed E-state index contributed by atoms with van der Waals surface area (Å²) in [4.78, 5) is 4.14. The van der Waals surface area contributed by atoms with Gasteiger partial charge < -0.3 is 16.2 Å². The van der Waals surface area contributed by atoms with Gasteiger partial charge in [-0.3, -0.25) is 0 Å². The van der Waals surface area contributed by atoms with Gasteiger partial charge in [-0.05, 0) is 34.1 Å². The van der Waals surface area contributed by atoms with Crippen LogP contribution < -0.4 is 11.1 Å². The number of benzene rings is 1. The fraction of sp³-hybridized carbons (Fsp3) is 0. The molecule has 0 spiro atoms. The van der Waals surface area contributed by atoms with Crippen LogP contribution in [0.2, 0.25) is 0 Å². The van der Waals surface area contributed by atoms with Crippen LogP contribution in [0, 0.1) is 0 Å². The molecule has 4 nitrogen and oxygen atoms in total. The standard InChI is InChI=1S/C11H10BrN3O/c12-7-4-10(13)11(14-6-7)15-8-2-1-3-9(16)5-8/h1-6,16H,13H2,(H,14,15). The molecule has 0 atom stereocenters. The van der Waals surface area contributed by atoms with Crippen molar-refractivity contribution in [2.24, 2.45) is 0 Å². The van der Waals surface area contributed by atoms with E-state index in [2.05, 4.69) is 26.2 Å². The molecule has 1 heterocycles. The van der Waals surface area contributed by atoms with Gasteiger partial charge in [-0.15, -0.1) is 0 Å². The van der Waals surface area contributed by atoms with E-state index in [9.17, 15) is 5.11 Å². The first-order chi connectivity index (χ1) is 7.65. The molecular formula is C11H10BrN3O. The molecule has 2 rings (SSSR count). The van der Waals surface area contributed by atoms with Crippen molar-refractivity contribution in [1.82, 2.24) is 4.98 Å². The monoisotopic (exact) mass is 279 g/mol. The predicted molar refractivity (Wildman–Crippen MR) is 67.7 cm³/mol. The van der Waals surface area contributed by atoms with E-state index in [0.717, 1.165) is 10.2 Å². The average Bonchev–Trinajstić information content (AvgIpc) is 2.22. The number of nitrogens with two attached hydrogens (primary N) is 1. The van der Waals surface area contributed by atoms with E-state index >= 15 is 0 Å². The van der Waals surface area contributed by atoms with E-state index < -0.39 is 0 Å². The Hall–Kier alpha value is -1.75. The minimum Gasteiger partial charge on any atom is -0.508 e. The summed E-state index contributed by atoms with van der Waals surface area (Å²) >= 11 is 3.28. The van der Waals surface area contributed by atoms with Crippen molar-refractivity contribution < 1.29 is 5.11 Å². The molecule has 0 saturated carbocycles. The van der Waals surface area contributed by atoms with Crippen LogP contribution in [0.25, 0.3) is 0 Å². The fourth-order valence-electron chi connectivity index (χ4n) is 1.28. The number of nitrogen functional groups attached to an aromatic ring is 1. The van der Waals surface area contributed by atoms with Crippen LogP contribution in [0.4, 0.5) is 17.2 Å². The van der Waals surface area contributed by atoms with E-state index in [0.29, 0.717) is 11.5 Å². The first-order valence-electron chi connectivity index (χ1n) is 4.62. The van der Waals surface area contributed by atoms with Crippen LogP contribution in [0.5, 0.6) is 5.75 Å². The van der Waals surface area contributed by atoms with Crippen LogP contribution in [0.3, 0.4) is 0 Å². The van der Waals surface area contributed by atoms with E-state index in [4.69, 9.17) is 5.73 Å². The average molecular weight is 280 g/mol. The summed E-state index contributed by atoms with van der Waals surface area (Å²) in [5.41, 5.74) is 7.07. The van der Waals surface area contributed by atoms with Crippen LogP contribution in [-0.4, -0.2) is 10.1 Å². The molecule has 0 bridgehead atoms. The molecule has 1 aromatic carbocycles. The molecule has 0 aliphatic heterocycles. The molecule has 0 unspecified atom stereocenters. The van der Waals surface area contributed by atoms with Gasteiger partial charge in [0.1, 0.15) is 5.75 Å². The third-order valence-corrected chi connectivity index (χ3v) is 2.43. The number of hydrogen-bond donors (Lipinski definition) is 3. The van der Waals surface area contributed by atoms with Crippen LogP contribution in [0.15, 0.2) is 41.0 Å². The lowest BCUT2D eigenvalue weighted by atomic mass is 10.3. The second-order valence-electron chi connectivity index (χ2n) is 3.27. The first kappa shape index (κ1) is 10.8. The van der Waals surface area contributed by atoms with Gasteiger partial charge in [0.2, 0.25) is 0 Å². The molecule has 0 aliphatic rings. The van der Waals surface area contributed by atoms with Crippen molar-refractivity contribution in [2.75, 3.05) is 11.1 Å². The summed E-state index contributed by atoms with van der Waals surface area (Å²) in [6.07, 6.45) is 1.65. The normalized spacial score (nSPS) is 10.1. The summed E-state index contributed by atoms with van der Waals surface area (Å²) in [7, 11) is 0. The third-order valence-electron chi connectivity index (χ3n) is 1.99. The number of nitrogens with zero attached hydrogens (tertiary/aromatic N) is 1. The molecule has 0 saturated heterocycles. The largest absolute Gasteiger partial charge is 0.508 e. The number of phenolic OH excluding ortho intramolecular Hbond substituents is 1. The molecule has 16 heavy (non-hydrogen) atoms. The zero-order valence-corrected chi connectivity index (χ0v) is 9.90. The molecule has 0 fully saturated rings. The molecule has 2 aromatic rings. The first-order valence-corrected chi connectivity index (χ1v) is 5.41. The highest BCUT2D eigenvalue weighted by atomic mass is 79.9. The number of aromatic nitrogens is 1. The Morgan fingerprint density at radius 3 is 2.81 bits per heavy atom. The number of nitrogens with one attached hydrogen (secondary N) is 1. The molecule has 4 N–H and O–H groups in total.